The first-order chi connectivity index (χ1) is 24.7. The molecule has 0 unspecified atom stereocenters. The number of hydrogen-bond donors (Lipinski definition) is 5. The molecule has 0 aliphatic heterocycles. The number of phenolic OH excluding ortho intramolecular Hbond substituents is 1. The van der Waals surface area contributed by atoms with Crippen molar-refractivity contribution in [2.45, 2.75) is 154 Å². The maximum atomic E-state index is 10.7. The molecule has 0 amide bonds. The molecule has 2 fully saturated rings. The van der Waals surface area contributed by atoms with Crippen LogP contribution in [0, 0.1) is 46.8 Å². The first-order valence-corrected chi connectivity index (χ1v) is 20.4. The first kappa shape index (κ1) is 39.6. The molecule has 0 radical (unpaired) electrons. The second kappa shape index (κ2) is 19.4. The molecule has 2 aromatic rings. The van der Waals surface area contributed by atoms with Crippen molar-refractivity contribution in [3.05, 3.63) is 58.7 Å². The molecule has 10 atom stereocenters. The minimum absolute atomic E-state index is 0.0751. The summed E-state index contributed by atoms with van der Waals surface area (Å²) in [5.74, 6) is 3.76. The Morgan fingerprint density at radius 2 is 1.22 bits per heavy atom. The maximum Gasteiger partial charge on any atom is 0.174 e. The molecular weight excluding hydrogens is 638 g/mol. The Bertz CT molecular complexity index is 1410. The average Bonchev–Trinajstić information content (AvgIpc) is 3.60. The van der Waals surface area contributed by atoms with Gasteiger partial charge in [0.1, 0.15) is 17.6 Å². The number of rotatable bonds is 16. The Kier molecular flexibility index (Phi) is 15.1. The van der Waals surface area contributed by atoms with Gasteiger partial charge in [-0.25, -0.2) is 0 Å². The highest BCUT2D eigenvalue weighted by atomic mass is 16.5. The number of ether oxygens (including phenoxy) is 1. The van der Waals surface area contributed by atoms with Gasteiger partial charge in [0.2, 0.25) is 0 Å². The standard InChI is InChI=1S/C23H33NO3.C21H32O3/c1-2-3-4-7-18(25)9-10-19-20-13-16-6-5-8-23(27-12-11-24)21(16)14-17(20)15-22(19)26;1-2-3-4-7-16(22)9-10-17-18-11-14-6-5-8-20(23)19(14)12-15(18)13-21(17)24/h5-6,8,17-20,22,25-26H,2-4,7,9-10,12-15H2,1H3;5-6,8,15-18,21-24H,2-4,7,9-13H2,1H3/t17-,18-,19+,20-,22+;15-,16-,17+,18-,21+/m00/s1. The van der Waals surface area contributed by atoms with E-state index in [1.165, 1.54) is 42.4 Å². The van der Waals surface area contributed by atoms with Crippen LogP contribution in [0.1, 0.15) is 126 Å². The number of benzene rings is 2. The van der Waals surface area contributed by atoms with Crippen molar-refractivity contribution < 1.29 is 30.3 Å². The Labute approximate surface area is 307 Å². The number of unbranched alkanes of at least 4 members (excludes halogenated alkanes) is 4. The van der Waals surface area contributed by atoms with Gasteiger partial charge in [-0.2, -0.15) is 5.26 Å². The van der Waals surface area contributed by atoms with Gasteiger partial charge in [0.25, 0.3) is 0 Å². The van der Waals surface area contributed by atoms with Gasteiger partial charge in [-0.05, 0) is 147 Å². The summed E-state index contributed by atoms with van der Waals surface area (Å²) < 4.78 is 5.62. The number of aliphatic hydroxyl groups excluding tert-OH is 4. The van der Waals surface area contributed by atoms with Gasteiger partial charge in [-0.3, -0.25) is 0 Å². The minimum atomic E-state index is -0.263. The molecule has 0 saturated heterocycles. The molecule has 5 N–H and O–H groups in total. The van der Waals surface area contributed by atoms with Crippen molar-refractivity contribution in [3.8, 4) is 17.6 Å². The monoisotopic (exact) mass is 703 g/mol. The molecule has 0 aromatic heterocycles. The lowest BCUT2D eigenvalue weighted by Crippen LogP contribution is -2.28. The fourth-order valence-electron chi connectivity index (χ4n) is 10.2. The fourth-order valence-corrected chi connectivity index (χ4v) is 10.2. The number of nitrogens with zero attached hydrogens (tertiary/aromatic N) is 1. The molecule has 282 valence electrons. The maximum absolute atomic E-state index is 10.7. The van der Waals surface area contributed by atoms with Crippen molar-refractivity contribution in [2.75, 3.05) is 6.61 Å². The lowest BCUT2D eigenvalue weighted by Gasteiger charge is -2.32. The summed E-state index contributed by atoms with van der Waals surface area (Å²) in [6.45, 7) is 4.44. The lowest BCUT2D eigenvalue weighted by atomic mass is 9.73. The number of fused-ring (bicyclic) bond motifs is 4. The summed E-state index contributed by atoms with van der Waals surface area (Å²) in [7, 11) is 0. The molecule has 4 aliphatic rings. The van der Waals surface area contributed by atoms with Crippen molar-refractivity contribution in [1.82, 2.24) is 0 Å². The fraction of sp³-hybridized carbons (Fsp3) is 0.705. The third-order valence-corrected chi connectivity index (χ3v) is 13.0. The summed E-state index contributed by atoms with van der Waals surface area (Å²) in [4.78, 5) is 0. The average molecular weight is 704 g/mol. The van der Waals surface area contributed by atoms with Crippen molar-refractivity contribution in [2.24, 2.45) is 35.5 Å². The second-order valence-electron chi connectivity index (χ2n) is 16.3. The Morgan fingerprint density at radius 3 is 1.75 bits per heavy atom. The highest BCUT2D eigenvalue weighted by Gasteiger charge is 2.46. The van der Waals surface area contributed by atoms with Crippen LogP contribution in [0.25, 0.3) is 0 Å². The Balaban J connectivity index is 0.000000199. The first-order valence-electron chi connectivity index (χ1n) is 20.4. The number of nitriles is 1. The topological polar surface area (TPSA) is 134 Å². The number of aromatic hydroxyl groups is 1. The number of aliphatic hydroxyl groups is 4. The van der Waals surface area contributed by atoms with Crippen LogP contribution >= 0.6 is 0 Å². The van der Waals surface area contributed by atoms with E-state index in [1.54, 1.807) is 6.07 Å². The third kappa shape index (κ3) is 10.3. The Morgan fingerprint density at radius 1 is 0.706 bits per heavy atom. The van der Waals surface area contributed by atoms with E-state index in [-0.39, 0.29) is 36.9 Å². The SMILES string of the molecule is CCCCC[C@H](O)CC[C@@H]1[C@H]2Cc3cccc(O)c3C[C@H]2C[C@H]1O.CCCCC[C@H](O)CC[C@@H]1[C@H]2Cc3cccc(OCC#N)c3C[C@H]2C[C@H]1O. The second-order valence-corrected chi connectivity index (χ2v) is 16.3. The zero-order valence-electron chi connectivity index (χ0n) is 31.3. The summed E-state index contributed by atoms with van der Waals surface area (Å²) >= 11 is 0. The molecule has 2 aromatic carbocycles. The van der Waals surface area contributed by atoms with Crippen LogP contribution in [0.15, 0.2) is 36.4 Å². The van der Waals surface area contributed by atoms with Crippen LogP contribution < -0.4 is 4.74 Å². The quantitative estimate of drug-likeness (QED) is 0.113. The third-order valence-electron chi connectivity index (χ3n) is 13.0. The highest BCUT2D eigenvalue weighted by Crippen LogP contribution is 2.49. The zero-order valence-corrected chi connectivity index (χ0v) is 31.3. The molecule has 2 saturated carbocycles. The summed E-state index contributed by atoms with van der Waals surface area (Å²) in [6, 6.07) is 14.0. The van der Waals surface area contributed by atoms with Gasteiger partial charge >= 0.3 is 0 Å². The van der Waals surface area contributed by atoms with Crippen molar-refractivity contribution in [3.63, 3.8) is 0 Å². The molecule has 0 heterocycles. The smallest absolute Gasteiger partial charge is 0.174 e. The largest absolute Gasteiger partial charge is 0.508 e. The molecule has 0 bridgehead atoms. The molecule has 6 rings (SSSR count). The predicted octanol–water partition coefficient (Wildman–Crippen LogP) is 7.85. The van der Waals surface area contributed by atoms with Crippen LogP contribution in [-0.2, 0) is 25.7 Å². The van der Waals surface area contributed by atoms with Crippen LogP contribution in [0.2, 0.25) is 0 Å². The van der Waals surface area contributed by atoms with Gasteiger partial charge in [-0.1, -0.05) is 76.6 Å². The Hall–Kier alpha value is -2.63. The summed E-state index contributed by atoms with van der Waals surface area (Å²) in [5, 5.41) is 60.6. The van der Waals surface area contributed by atoms with Crippen LogP contribution in [-0.4, -0.2) is 56.6 Å². The van der Waals surface area contributed by atoms with E-state index in [4.69, 9.17) is 10.00 Å². The van der Waals surface area contributed by atoms with Crippen LogP contribution in [0.3, 0.4) is 0 Å². The van der Waals surface area contributed by atoms with E-state index in [1.807, 2.05) is 24.3 Å². The van der Waals surface area contributed by atoms with Gasteiger partial charge in [-0.15, -0.1) is 0 Å². The zero-order chi connectivity index (χ0) is 36.3. The van der Waals surface area contributed by atoms with Crippen LogP contribution in [0.5, 0.6) is 11.5 Å². The van der Waals surface area contributed by atoms with Gasteiger partial charge in [0, 0.05) is 0 Å². The molecule has 4 aliphatic carbocycles. The molecule has 7 heteroatoms. The molecular formula is C44H65NO6. The van der Waals surface area contributed by atoms with E-state index < -0.39 is 0 Å². The molecule has 0 spiro atoms. The van der Waals surface area contributed by atoms with Gasteiger partial charge in [0.15, 0.2) is 6.61 Å². The van der Waals surface area contributed by atoms with E-state index in [2.05, 4.69) is 26.0 Å². The van der Waals surface area contributed by atoms with E-state index in [0.29, 0.717) is 35.3 Å². The van der Waals surface area contributed by atoms with Gasteiger partial charge < -0.3 is 30.3 Å². The van der Waals surface area contributed by atoms with E-state index in [0.717, 1.165) is 101 Å². The van der Waals surface area contributed by atoms with Crippen LogP contribution in [0.4, 0.5) is 0 Å². The number of hydrogen-bond acceptors (Lipinski definition) is 7. The highest BCUT2D eigenvalue weighted by molar-refractivity contribution is 5.43. The lowest BCUT2D eigenvalue weighted by molar-refractivity contribution is 0.0864. The summed E-state index contributed by atoms with van der Waals surface area (Å²) in [5.41, 5.74) is 4.86. The van der Waals surface area contributed by atoms with Gasteiger partial charge in [0.05, 0.1) is 24.4 Å². The minimum Gasteiger partial charge on any atom is -0.508 e. The molecule has 51 heavy (non-hydrogen) atoms. The number of phenols is 1. The van der Waals surface area contributed by atoms with Crippen molar-refractivity contribution >= 4 is 0 Å². The van der Waals surface area contributed by atoms with Crippen molar-refractivity contribution in [1.29, 1.82) is 5.26 Å². The van der Waals surface area contributed by atoms with E-state index in [9.17, 15) is 25.5 Å². The molecule has 7 nitrogen and oxygen atoms in total. The predicted molar refractivity (Wildman–Crippen MR) is 201 cm³/mol. The normalized spacial score (nSPS) is 28.6. The summed E-state index contributed by atoms with van der Waals surface area (Å²) in [6.07, 6.45) is 16.6. The van der Waals surface area contributed by atoms with E-state index >= 15 is 0 Å².